The number of urea groups is 1. The van der Waals surface area contributed by atoms with Crippen LogP contribution in [0.2, 0.25) is 5.02 Å². The minimum absolute atomic E-state index is 0.0101. The van der Waals surface area contributed by atoms with Crippen LogP contribution >= 0.6 is 11.6 Å². The number of hydrogen-bond acceptors (Lipinski definition) is 11. The molecule has 0 aromatic heterocycles. The topological polar surface area (TPSA) is 255 Å². The van der Waals surface area contributed by atoms with Crippen LogP contribution in [0.1, 0.15) is 44.3 Å². The zero-order valence-electron chi connectivity index (χ0n) is 27.7. The van der Waals surface area contributed by atoms with Crippen LogP contribution in [0.3, 0.4) is 0 Å². The number of amides is 6. The van der Waals surface area contributed by atoms with E-state index in [1.165, 1.54) is 0 Å². The molecule has 3 aromatic carbocycles. The number of nitrogens with zero attached hydrogens (tertiary/aromatic N) is 2. The predicted molar refractivity (Wildman–Crippen MR) is 177 cm³/mol. The number of rotatable bonds is 10. The van der Waals surface area contributed by atoms with Crippen LogP contribution in [-0.2, 0) is 20.8 Å². The first-order valence-electron chi connectivity index (χ1n) is 15.9. The maximum Gasteiger partial charge on any atom is 0.547 e. The SMILES string of the molecule is O=C(NCCCN1CCN(C(=O)NC(C(=O)N[C@H]2Cc3ccc(F)c(C(=O)O)c3OB2O)c2cc(F)c(O)c(O)c2Cl)C(=O)C1=O)c1ccc(F)c(O)c1F. The average Bonchev–Trinajstić information content (AvgIpc) is 3.13. The number of phenols is 3. The lowest BCUT2D eigenvalue weighted by molar-refractivity contribution is -0.153. The largest absolute Gasteiger partial charge is 0.547 e. The lowest BCUT2D eigenvalue weighted by atomic mass is 9.72. The quantitative estimate of drug-likeness (QED) is 0.0472. The number of carboxylic acid groups (broad SMARTS) is 1. The van der Waals surface area contributed by atoms with Crippen molar-refractivity contribution in [3.63, 3.8) is 0 Å². The van der Waals surface area contributed by atoms with Gasteiger partial charge in [0.05, 0.1) is 16.5 Å². The molecule has 2 aliphatic rings. The number of phenolic OH excluding ortho intramolecular Hbond substituents is 3. The highest BCUT2D eigenvalue weighted by Crippen LogP contribution is 2.41. The van der Waals surface area contributed by atoms with Crippen LogP contribution < -0.4 is 20.6 Å². The fourth-order valence-corrected chi connectivity index (χ4v) is 5.96. The molecule has 290 valence electrons. The third-order valence-electron chi connectivity index (χ3n) is 8.54. The first-order chi connectivity index (χ1) is 25.9. The second-order valence-corrected chi connectivity index (χ2v) is 12.4. The summed E-state index contributed by atoms with van der Waals surface area (Å²) in [6, 6.07) is 0.400. The van der Waals surface area contributed by atoms with Crippen molar-refractivity contribution < 1.29 is 76.4 Å². The molecule has 2 heterocycles. The maximum atomic E-state index is 14.6. The molecule has 0 bridgehead atoms. The summed E-state index contributed by atoms with van der Waals surface area (Å²) in [6.07, 6.45) is -0.353. The van der Waals surface area contributed by atoms with E-state index in [1.807, 2.05) is 0 Å². The number of imide groups is 1. The van der Waals surface area contributed by atoms with E-state index in [9.17, 15) is 71.8 Å². The Hall–Kier alpha value is -6.29. The molecule has 8 N–H and O–H groups in total. The van der Waals surface area contributed by atoms with E-state index in [2.05, 4.69) is 16.0 Å². The van der Waals surface area contributed by atoms with E-state index in [1.54, 1.807) is 0 Å². The third kappa shape index (κ3) is 7.99. The minimum Gasteiger partial charge on any atom is -0.534 e. The van der Waals surface area contributed by atoms with Crippen LogP contribution in [0.15, 0.2) is 30.3 Å². The Morgan fingerprint density at radius 1 is 0.945 bits per heavy atom. The summed E-state index contributed by atoms with van der Waals surface area (Å²) in [7, 11) is -2.01. The Balaban J connectivity index is 1.27. The Bertz CT molecular complexity index is 2130. The molecular weight excluding hydrogens is 769 g/mol. The van der Waals surface area contributed by atoms with Crippen LogP contribution in [-0.4, -0.2) is 110 Å². The van der Waals surface area contributed by atoms with E-state index >= 15 is 0 Å². The Kier molecular flexibility index (Phi) is 11.6. The van der Waals surface area contributed by atoms with Gasteiger partial charge in [-0.3, -0.25) is 24.1 Å². The van der Waals surface area contributed by atoms with Crippen molar-refractivity contribution in [1.82, 2.24) is 25.8 Å². The standard InChI is InChI=1S/C32H27BClF4N5O12/c34-20-14(11-17(37)24(45)25(20)46)22(28(48)40-18-10-12-2-4-15(35)19(31(51)52)26(12)55-33(18)54)41-32(53)43-9-8-42(29(49)30(43)50)7-1-6-39-27(47)13-3-5-16(36)23(44)21(13)38/h2-5,11,18,22,44-46,54H,1,6-10H2,(H,39,47)(H,40,48)(H,41,53)(H,51,52)/t18-,22?/m0/s1. The summed E-state index contributed by atoms with van der Waals surface area (Å²) in [4.78, 5) is 78.2. The van der Waals surface area contributed by atoms with Crippen molar-refractivity contribution in [2.24, 2.45) is 0 Å². The van der Waals surface area contributed by atoms with Crippen molar-refractivity contribution in [1.29, 1.82) is 0 Å². The van der Waals surface area contributed by atoms with Gasteiger partial charge in [-0.2, -0.15) is 0 Å². The Labute approximate surface area is 311 Å². The number of aromatic carboxylic acids is 1. The second-order valence-electron chi connectivity index (χ2n) is 12.0. The zero-order chi connectivity index (χ0) is 40.5. The van der Waals surface area contributed by atoms with Gasteiger partial charge in [-0.25, -0.2) is 27.2 Å². The molecule has 1 unspecified atom stereocenters. The van der Waals surface area contributed by atoms with Crippen molar-refractivity contribution >= 4 is 54.3 Å². The molecule has 0 radical (unpaired) electrons. The number of nitrogens with one attached hydrogen (secondary N) is 3. The molecule has 0 aliphatic carbocycles. The molecule has 55 heavy (non-hydrogen) atoms. The number of carboxylic acids is 1. The van der Waals surface area contributed by atoms with Crippen molar-refractivity contribution in [2.75, 3.05) is 26.2 Å². The number of benzene rings is 3. The molecule has 23 heteroatoms. The fourth-order valence-electron chi connectivity index (χ4n) is 5.71. The van der Waals surface area contributed by atoms with E-state index < -0.39 is 129 Å². The van der Waals surface area contributed by atoms with E-state index in [-0.39, 0.29) is 38.0 Å². The normalized spacial score (nSPS) is 15.9. The highest BCUT2D eigenvalue weighted by Gasteiger charge is 2.42. The summed E-state index contributed by atoms with van der Waals surface area (Å²) in [6.45, 7) is -1.05. The molecule has 17 nitrogen and oxygen atoms in total. The van der Waals surface area contributed by atoms with Crippen LogP contribution in [0, 0.1) is 23.3 Å². The van der Waals surface area contributed by atoms with Crippen molar-refractivity contribution in [2.45, 2.75) is 24.8 Å². The highest BCUT2D eigenvalue weighted by atomic mass is 35.5. The number of hydrogen-bond donors (Lipinski definition) is 8. The lowest BCUT2D eigenvalue weighted by Gasteiger charge is -2.34. The summed E-state index contributed by atoms with van der Waals surface area (Å²) < 4.78 is 61.3. The molecule has 1 saturated heterocycles. The highest BCUT2D eigenvalue weighted by molar-refractivity contribution is 6.47. The predicted octanol–water partition coefficient (Wildman–Crippen LogP) is 1.09. The molecule has 5 rings (SSSR count). The monoisotopic (exact) mass is 795 g/mol. The second kappa shape index (κ2) is 16.0. The van der Waals surface area contributed by atoms with Crippen molar-refractivity contribution in [3.8, 4) is 23.0 Å². The Morgan fingerprint density at radius 3 is 2.33 bits per heavy atom. The summed E-state index contributed by atoms with van der Waals surface area (Å²) in [5.74, 6) is -17.9. The van der Waals surface area contributed by atoms with Gasteiger partial charge in [0.25, 0.3) is 5.91 Å². The maximum absolute atomic E-state index is 14.6. The molecule has 3 aromatic rings. The first-order valence-corrected chi connectivity index (χ1v) is 16.3. The number of piperazine rings is 1. The molecule has 2 aliphatic heterocycles. The van der Waals surface area contributed by atoms with E-state index in [4.69, 9.17) is 16.3 Å². The molecular formula is C32H27BClF4N5O12. The Morgan fingerprint density at radius 2 is 1.64 bits per heavy atom. The number of halogens is 5. The van der Waals surface area contributed by atoms with E-state index in [0.717, 1.165) is 23.1 Å². The average molecular weight is 796 g/mol. The fraction of sp³-hybridized carbons (Fsp3) is 0.250. The van der Waals surface area contributed by atoms with Crippen LogP contribution in [0.4, 0.5) is 22.4 Å². The number of carbonyl (C=O) groups excluding carboxylic acids is 5. The van der Waals surface area contributed by atoms with Gasteiger partial charge in [-0.15, -0.1) is 0 Å². The third-order valence-corrected chi connectivity index (χ3v) is 8.94. The molecule has 0 spiro atoms. The van der Waals surface area contributed by atoms with Gasteiger partial charge in [0.1, 0.15) is 23.2 Å². The van der Waals surface area contributed by atoms with Gasteiger partial charge in [-0.05, 0) is 42.7 Å². The molecule has 2 atom stereocenters. The summed E-state index contributed by atoms with van der Waals surface area (Å²) in [5, 5.41) is 55.2. The van der Waals surface area contributed by atoms with Crippen LogP contribution in [0.25, 0.3) is 0 Å². The van der Waals surface area contributed by atoms with Crippen molar-refractivity contribution in [3.05, 3.63) is 80.9 Å². The van der Waals surface area contributed by atoms with Gasteiger partial charge in [-0.1, -0.05) is 17.7 Å². The zero-order valence-corrected chi connectivity index (χ0v) is 28.5. The number of carbonyl (C=O) groups is 6. The summed E-state index contributed by atoms with van der Waals surface area (Å²) >= 11 is 6.10. The summed E-state index contributed by atoms with van der Waals surface area (Å²) in [5.41, 5.74) is -2.17. The van der Waals surface area contributed by atoms with Gasteiger partial charge in [0, 0.05) is 31.7 Å². The van der Waals surface area contributed by atoms with Crippen LogP contribution in [0.5, 0.6) is 23.0 Å². The van der Waals surface area contributed by atoms with Gasteiger partial charge < -0.3 is 51.0 Å². The molecule has 0 saturated carbocycles. The number of fused-ring (bicyclic) bond motifs is 1. The first kappa shape index (κ1) is 39.9. The van der Waals surface area contributed by atoms with E-state index in [0.29, 0.717) is 17.0 Å². The van der Waals surface area contributed by atoms with Gasteiger partial charge in [0.2, 0.25) is 5.91 Å². The minimum atomic E-state index is -2.12. The smallest absolute Gasteiger partial charge is 0.534 e. The van der Waals surface area contributed by atoms with Gasteiger partial charge >= 0.3 is 30.9 Å². The van der Waals surface area contributed by atoms with Gasteiger partial charge in [0.15, 0.2) is 34.7 Å². The molecule has 6 amide bonds. The molecule has 1 fully saturated rings. The lowest BCUT2D eigenvalue weighted by Crippen LogP contribution is -2.60. The number of aromatic hydroxyl groups is 3.